The smallest absolute Gasteiger partial charge is 0.253 e. The van der Waals surface area contributed by atoms with Gasteiger partial charge in [-0.2, -0.15) is 0 Å². The van der Waals surface area contributed by atoms with Crippen molar-refractivity contribution in [2.24, 2.45) is 0 Å². The molecule has 0 heterocycles. The summed E-state index contributed by atoms with van der Waals surface area (Å²) in [5.41, 5.74) is 3.37. The maximum atomic E-state index is 12.5. The van der Waals surface area contributed by atoms with Gasteiger partial charge in [0.2, 0.25) is 0 Å². The molecule has 0 unspecified atom stereocenters. The van der Waals surface area contributed by atoms with E-state index in [0.717, 1.165) is 18.5 Å². The molecule has 0 saturated carbocycles. The Morgan fingerprint density at radius 3 is 2.12 bits per heavy atom. The van der Waals surface area contributed by atoms with Gasteiger partial charge in [-0.3, -0.25) is 4.79 Å². The molecule has 0 aromatic heterocycles. The van der Waals surface area contributed by atoms with E-state index in [4.69, 9.17) is 0 Å². The highest BCUT2D eigenvalue weighted by Crippen LogP contribution is 2.20. The second-order valence-corrected chi connectivity index (χ2v) is 7.43. The maximum Gasteiger partial charge on any atom is 0.253 e. The van der Waals surface area contributed by atoms with Crippen molar-refractivity contribution < 1.29 is 4.79 Å². The van der Waals surface area contributed by atoms with Crippen molar-refractivity contribution >= 4 is 5.91 Å². The maximum absolute atomic E-state index is 12.5. The van der Waals surface area contributed by atoms with Crippen molar-refractivity contribution in [2.45, 2.75) is 85.0 Å². The monoisotopic (exact) mass is 331 g/mol. The number of nitrogens with zero attached hydrogens (tertiary/aromatic N) is 1. The van der Waals surface area contributed by atoms with Crippen LogP contribution in [0.2, 0.25) is 0 Å². The number of aryl methyl sites for hydroxylation is 1. The molecule has 0 aliphatic heterocycles. The third-order valence-corrected chi connectivity index (χ3v) is 4.83. The summed E-state index contributed by atoms with van der Waals surface area (Å²) in [6.45, 7) is 9.60. The Kier molecular flexibility index (Phi) is 9.75. The van der Waals surface area contributed by atoms with Crippen LogP contribution in [0.15, 0.2) is 18.2 Å². The standard InChI is InChI=1S/C22H37NO/c1-6-7-8-9-10-11-12-13-16-23(5)22(24)20-14-15-21(18(2)3)19(4)17-20/h14-15,17-18H,6-13,16H2,1-5H3. The summed E-state index contributed by atoms with van der Waals surface area (Å²) in [5, 5.41) is 0. The number of unbranched alkanes of at least 4 members (excludes halogenated alkanes) is 7. The van der Waals surface area contributed by atoms with Crippen LogP contribution in [0.3, 0.4) is 0 Å². The zero-order chi connectivity index (χ0) is 17.9. The largest absolute Gasteiger partial charge is 0.342 e. The Hall–Kier alpha value is -1.31. The molecule has 1 rings (SSSR count). The molecule has 0 spiro atoms. The van der Waals surface area contributed by atoms with E-state index >= 15 is 0 Å². The zero-order valence-corrected chi connectivity index (χ0v) is 16.5. The van der Waals surface area contributed by atoms with Crippen molar-refractivity contribution in [1.29, 1.82) is 0 Å². The van der Waals surface area contributed by atoms with Crippen molar-refractivity contribution in [3.8, 4) is 0 Å². The van der Waals surface area contributed by atoms with Crippen LogP contribution in [-0.4, -0.2) is 24.4 Å². The quantitative estimate of drug-likeness (QED) is 0.434. The van der Waals surface area contributed by atoms with Crippen LogP contribution in [0.1, 0.15) is 99.5 Å². The van der Waals surface area contributed by atoms with Gasteiger partial charge in [0.1, 0.15) is 0 Å². The second-order valence-electron chi connectivity index (χ2n) is 7.43. The van der Waals surface area contributed by atoms with Crippen LogP contribution in [0.4, 0.5) is 0 Å². The van der Waals surface area contributed by atoms with E-state index in [1.807, 2.05) is 24.1 Å². The van der Waals surface area contributed by atoms with Crippen LogP contribution in [0, 0.1) is 6.92 Å². The first-order valence-electron chi connectivity index (χ1n) is 9.83. The fourth-order valence-corrected chi connectivity index (χ4v) is 3.26. The van der Waals surface area contributed by atoms with Gasteiger partial charge in [0, 0.05) is 19.2 Å². The molecule has 1 aromatic rings. The lowest BCUT2D eigenvalue weighted by Gasteiger charge is -2.18. The predicted octanol–water partition coefficient (Wildman–Crippen LogP) is 6.33. The lowest BCUT2D eigenvalue weighted by atomic mass is 9.96. The molecule has 0 aliphatic rings. The van der Waals surface area contributed by atoms with Crippen molar-refractivity contribution in [1.82, 2.24) is 4.90 Å². The highest BCUT2D eigenvalue weighted by molar-refractivity contribution is 5.94. The third-order valence-electron chi connectivity index (χ3n) is 4.83. The van der Waals surface area contributed by atoms with Gasteiger partial charge < -0.3 is 4.90 Å². The van der Waals surface area contributed by atoms with Crippen LogP contribution < -0.4 is 0 Å². The van der Waals surface area contributed by atoms with Gasteiger partial charge in [-0.15, -0.1) is 0 Å². The van der Waals surface area contributed by atoms with Crippen LogP contribution in [-0.2, 0) is 0 Å². The van der Waals surface area contributed by atoms with E-state index in [1.54, 1.807) is 0 Å². The zero-order valence-electron chi connectivity index (χ0n) is 16.5. The summed E-state index contributed by atoms with van der Waals surface area (Å²) in [7, 11) is 1.93. The summed E-state index contributed by atoms with van der Waals surface area (Å²) in [6, 6.07) is 6.13. The molecule has 0 radical (unpaired) electrons. The van der Waals surface area contributed by atoms with Gasteiger partial charge >= 0.3 is 0 Å². The molecular formula is C22H37NO. The summed E-state index contributed by atoms with van der Waals surface area (Å²) < 4.78 is 0. The SMILES string of the molecule is CCCCCCCCCCN(C)C(=O)c1ccc(C(C)C)c(C)c1. The van der Waals surface area contributed by atoms with Crippen molar-refractivity contribution in [3.63, 3.8) is 0 Å². The molecule has 0 fully saturated rings. The topological polar surface area (TPSA) is 20.3 Å². The number of rotatable bonds is 11. The lowest BCUT2D eigenvalue weighted by Crippen LogP contribution is -2.27. The molecule has 24 heavy (non-hydrogen) atoms. The van der Waals surface area contributed by atoms with Gasteiger partial charge in [-0.25, -0.2) is 0 Å². The summed E-state index contributed by atoms with van der Waals surface area (Å²) in [5.74, 6) is 0.653. The molecule has 1 aromatic carbocycles. The fourth-order valence-electron chi connectivity index (χ4n) is 3.26. The summed E-state index contributed by atoms with van der Waals surface area (Å²) >= 11 is 0. The number of hydrogen-bond donors (Lipinski definition) is 0. The minimum atomic E-state index is 0.149. The minimum absolute atomic E-state index is 0.149. The summed E-state index contributed by atoms with van der Waals surface area (Å²) in [6.07, 6.45) is 10.4. The Labute approximate surface area is 149 Å². The first kappa shape index (κ1) is 20.7. The summed E-state index contributed by atoms with van der Waals surface area (Å²) in [4.78, 5) is 14.4. The number of hydrogen-bond acceptors (Lipinski definition) is 1. The average molecular weight is 332 g/mol. The van der Waals surface area contributed by atoms with Crippen molar-refractivity contribution in [3.05, 3.63) is 34.9 Å². The Balaban J connectivity index is 2.33. The van der Waals surface area contributed by atoms with Crippen LogP contribution in [0.5, 0.6) is 0 Å². The number of carbonyl (C=O) groups excluding carboxylic acids is 1. The normalized spacial score (nSPS) is 11.1. The van der Waals surface area contributed by atoms with E-state index in [9.17, 15) is 4.79 Å². The Morgan fingerprint density at radius 1 is 1.00 bits per heavy atom. The van der Waals surface area contributed by atoms with Crippen molar-refractivity contribution in [2.75, 3.05) is 13.6 Å². The molecular weight excluding hydrogens is 294 g/mol. The predicted molar refractivity (Wildman–Crippen MR) is 105 cm³/mol. The molecule has 136 valence electrons. The molecule has 0 aliphatic carbocycles. The lowest BCUT2D eigenvalue weighted by molar-refractivity contribution is 0.0792. The van der Waals surface area contributed by atoms with Gasteiger partial charge in [0.25, 0.3) is 5.91 Å². The van der Waals surface area contributed by atoms with Gasteiger partial charge in [0.05, 0.1) is 0 Å². The molecule has 0 atom stereocenters. The molecule has 2 heteroatoms. The number of benzene rings is 1. The first-order valence-corrected chi connectivity index (χ1v) is 9.83. The van der Waals surface area contributed by atoms with E-state index in [-0.39, 0.29) is 5.91 Å². The highest BCUT2D eigenvalue weighted by Gasteiger charge is 2.13. The number of amides is 1. The van der Waals surface area contributed by atoms with Crippen LogP contribution >= 0.6 is 0 Å². The van der Waals surface area contributed by atoms with Crippen LogP contribution in [0.25, 0.3) is 0 Å². The Morgan fingerprint density at radius 2 is 1.58 bits per heavy atom. The Bertz CT molecular complexity index is 493. The molecule has 1 amide bonds. The van der Waals surface area contributed by atoms with Gasteiger partial charge in [0.15, 0.2) is 0 Å². The van der Waals surface area contributed by atoms with Gasteiger partial charge in [-0.05, 0) is 42.5 Å². The second kappa shape index (κ2) is 11.3. The first-order chi connectivity index (χ1) is 11.5. The molecule has 0 saturated heterocycles. The van der Waals surface area contributed by atoms with Gasteiger partial charge in [-0.1, -0.05) is 71.8 Å². The molecule has 0 N–H and O–H groups in total. The van der Waals surface area contributed by atoms with E-state index in [1.165, 1.54) is 56.1 Å². The third kappa shape index (κ3) is 7.07. The van der Waals surface area contributed by atoms with E-state index < -0.39 is 0 Å². The number of carbonyl (C=O) groups is 1. The highest BCUT2D eigenvalue weighted by atomic mass is 16.2. The molecule has 0 bridgehead atoms. The van der Waals surface area contributed by atoms with E-state index in [0.29, 0.717) is 5.92 Å². The fraction of sp³-hybridized carbons (Fsp3) is 0.682. The average Bonchev–Trinajstić information content (AvgIpc) is 2.55. The van der Waals surface area contributed by atoms with E-state index in [2.05, 4.69) is 33.8 Å². The molecule has 2 nitrogen and oxygen atoms in total. The minimum Gasteiger partial charge on any atom is -0.342 e.